The summed E-state index contributed by atoms with van der Waals surface area (Å²) in [4.78, 5) is 14.3. The van der Waals surface area contributed by atoms with Crippen molar-refractivity contribution in [2.24, 2.45) is 0 Å². The van der Waals surface area contributed by atoms with E-state index in [-0.39, 0.29) is 17.6 Å². The van der Waals surface area contributed by atoms with E-state index < -0.39 is 0 Å². The molecular formula is C23H18Cl2N2O4S. The molecule has 2 aromatic carbocycles. The number of benzene rings is 2. The number of anilines is 1. The lowest BCUT2D eigenvalue weighted by Crippen LogP contribution is -2.30. The molecule has 0 unspecified atom stereocenters. The summed E-state index contributed by atoms with van der Waals surface area (Å²) in [5.41, 5.74) is 0.958. The van der Waals surface area contributed by atoms with Crippen LogP contribution in [0.4, 0.5) is 5.69 Å². The Hall–Kier alpha value is -3.00. The maximum Gasteiger partial charge on any atom is 0.281 e. The second-order valence-electron chi connectivity index (χ2n) is 6.72. The van der Waals surface area contributed by atoms with Gasteiger partial charge in [0.2, 0.25) is 0 Å². The first-order valence-electron chi connectivity index (χ1n) is 9.71. The standard InChI is InChI=1S/C23H18Cl2N2O4S/c1-2-29-16-6-4-15(5-7-16)27-22(28)20(26-23(27)32)12-17-8-9-18(31-17)13-30-21-10-3-14(24)11-19(21)25/h3-12H,2,13H2,1H3,(H,26,32)/b20-12+. The topological polar surface area (TPSA) is 63.9 Å². The number of ether oxygens (including phenoxy) is 2. The first-order chi connectivity index (χ1) is 15.4. The maximum atomic E-state index is 12.9. The Morgan fingerprint density at radius 2 is 1.88 bits per heavy atom. The fourth-order valence-electron chi connectivity index (χ4n) is 3.06. The number of hydrogen-bond acceptors (Lipinski definition) is 5. The van der Waals surface area contributed by atoms with E-state index in [1.807, 2.05) is 6.92 Å². The molecule has 0 radical (unpaired) electrons. The Labute approximate surface area is 200 Å². The molecule has 3 aromatic rings. The molecule has 6 nitrogen and oxygen atoms in total. The van der Waals surface area contributed by atoms with Gasteiger partial charge in [0.05, 0.1) is 17.3 Å². The Morgan fingerprint density at radius 3 is 2.59 bits per heavy atom. The second kappa shape index (κ2) is 9.65. The molecule has 1 amide bonds. The molecule has 0 atom stereocenters. The summed E-state index contributed by atoms with van der Waals surface area (Å²) in [5, 5.41) is 4.17. The van der Waals surface area contributed by atoms with Crippen LogP contribution in [0.25, 0.3) is 6.08 Å². The molecule has 0 saturated carbocycles. The third kappa shape index (κ3) is 4.91. The number of thiocarbonyl (C=S) groups is 1. The highest BCUT2D eigenvalue weighted by Crippen LogP contribution is 2.29. The van der Waals surface area contributed by atoms with Crippen LogP contribution in [0.3, 0.4) is 0 Å². The normalized spacial score (nSPS) is 14.7. The summed E-state index contributed by atoms with van der Waals surface area (Å²) in [5.74, 6) is 2.00. The zero-order valence-electron chi connectivity index (χ0n) is 16.9. The van der Waals surface area contributed by atoms with Gasteiger partial charge in [-0.1, -0.05) is 23.2 Å². The van der Waals surface area contributed by atoms with E-state index in [1.165, 1.54) is 4.90 Å². The predicted octanol–water partition coefficient (Wildman–Crippen LogP) is 5.83. The van der Waals surface area contributed by atoms with Crippen molar-refractivity contribution in [1.29, 1.82) is 0 Å². The molecule has 1 aliphatic heterocycles. The number of furan rings is 1. The van der Waals surface area contributed by atoms with Crippen molar-refractivity contribution in [1.82, 2.24) is 5.32 Å². The predicted molar refractivity (Wildman–Crippen MR) is 128 cm³/mol. The Kier molecular flexibility index (Phi) is 6.69. The number of nitrogens with zero attached hydrogens (tertiary/aromatic N) is 1. The van der Waals surface area contributed by atoms with Gasteiger partial charge in [0.1, 0.15) is 35.3 Å². The zero-order chi connectivity index (χ0) is 22.7. The number of hydrogen-bond donors (Lipinski definition) is 1. The van der Waals surface area contributed by atoms with Crippen LogP contribution in [0, 0.1) is 0 Å². The summed E-state index contributed by atoms with van der Waals surface area (Å²) in [6.07, 6.45) is 1.60. The molecule has 4 rings (SSSR count). The zero-order valence-corrected chi connectivity index (χ0v) is 19.3. The molecule has 0 bridgehead atoms. The molecule has 1 N–H and O–H groups in total. The van der Waals surface area contributed by atoms with Crippen molar-refractivity contribution < 1.29 is 18.7 Å². The highest BCUT2D eigenvalue weighted by atomic mass is 35.5. The van der Waals surface area contributed by atoms with Crippen LogP contribution in [-0.2, 0) is 11.4 Å². The van der Waals surface area contributed by atoms with E-state index in [0.29, 0.717) is 45.3 Å². The van der Waals surface area contributed by atoms with Crippen LogP contribution in [-0.4, -0.2) is 17.6 Å². The number of amides is 1. The largest absolute Gasteiger partial charge is 0.494 e. The van der Waals surface area contributed by atoms with E-state index in [4.69, 9.17) is 49.3 Å². The summed E-state index contributed by atoms with van der Waals surface area (Å²) >= 11 is 17.4. The Balaban J connectivity index is 1.44. The second-order valence-corrected chi connectivity index (χ2v) is 7.95. The van der Waals surface area contributed by atoms with E-state index in [0.717, 1.165) is 5.75 Å². The molecular weight excluding hydrogens is 471 g/mol. The van der Waals surface area contributed by atoms with E-state index in [9.17, 15) is 4.79 Å². The average molecular weight is 489 g/mol. The van der Waals surface area contributed by atoms with Crippen LogP contribution in [0.1, 0.15) is 18.4 Å². The Morgan fingerprint density at radius 1 is 1.09 bits per heavy atom. The number of nitrogens with one attached hydrogen (secondary N) is 1. The van der Waals surface area contributed by atoms with Crippen LogP contribution >= 0.6 is 35.4 Å². The number of carbonyl (C=O) groups is 1. The third-order valence-corrected chi connectivity index (χ3v) is 5.33. The smallest absolute Gasteiger partial charge is 0.281 e. The van der Waals surface area contributed by atoms with E-state index in [1.54, 1.807) is 60.7 Å². The van der Waals surface area contributed by atoms with E-state index >= 15 is 0 Å². The first-order valence-corrected chi connectivity index (χ1v) is 10.9. The van der Waals surface area contributed by atoms with Crippen LogP contribution < -0.4 is 19.7 Å². The quantitative estimate of drug-likeness (QED) is 0.333. The lowest BCUT2D eigenvalue weighted by atomic mass is 10.2. The summed E-state index contributed by atoms with van der Waals surface area (Å²) in [6, 6.07) is 15.6. The first kappa shape index (κ1) is 22.2. The van der Waals surface area contributed by atoms with Gasteiger partial charge in [-0.05, 0) is 73.7 Å². The van der Waals surface area contributed by atoms with Crippen LogP contribution in [0.5, 0.6) is 11.5 Å². The van der Waals surface area contributed by atoms with Gasteiger partial charge in [-0.25, -0.2) is 0 Å². The van der Waals surface area contributed by atoms with Gasteiger partial charge in [-0.3, -0.25) is 9.69 Å². The monoisotopic (exact) mass is 488 g/mol. The lowest BCUT2D eigenvalue weighted by molar-refractivity contribution is -0.113. The highest BCUT2D eigenvalue weighted by molar-refractivity contribution is 7.80. The minimum absolute atomic E-state index is 0.169. The minimum atomic E-state index is -0.277. The minimum Gasteiger partial charge on any atom is -0.494 e. The van der Waals surface area contributed by atoms with Crippen molar-refractivity contribution in [2.75, 3.05) is 11.5 Å². The van der Waals surface area contributed by atoms with Crippen LogP contribution in [0.15, 0.2) is 64.7 Å². The third-order valence-electron chi connectivity index (χ3n) is 4.52. The van der Waals surface area contributed by atoms with Crippen molar-refractivity contribution in [3.63, 3.8) is 0 Å². The van der Waals surface area contributed by atoms with Crippen LogP contribution in [0.2, 0.25) is 10.0 Å². The molecule has 1 aliphatic rings. The number of carbonyl (C=O) groups excluding carboxylic acids is 1. The van der Waals surface area contributed by atoms with Gasteiger partial charge >= 0.3 is 0 Å². The van der Waals surface area contributed by atoms with Crippen molar-refractivity contribution in [2.45, 2.75) is 13.5 Å². The summed E-state index contributed by atoms with van der Waals surface area (Å²) in [6.45, 7) is 2.65. The molecule has 1 saturated heterocycles. The maximum absolute atomic E-state index is 12.9. The molecule has 1 aromatic heterocycles. The number of halogens is 2. The van der Waals surface area contributed by atoms with Gasteiger partial charge in [0, 0.05) is 11.1 Å². The van der Waals surface area contributed by atoms with Gasteiger partial charge < -0.3 is 19.2 Å². The molecule has 1 fully saturated rings. The fourth-order valence-corrected chi connectivity index (χ4v) is 3.82. The summed E-state index contributed by atoms with van der Waals surface area (Å²) < 4.78 is 16.9. The summed E-state index contributed by atoms with van der Waals surface area (Å²) in [7, 11) is 0. The highest BCUT2D eigenvalue weighted by Gasteiger charge is 2.32. The van der Waals surface area contributed by atoms with Gasteiger partial charge in [0.15, 0.2) is 5.11 Å². The molecule has 0 aliphatic carbocycles. The van der Waals surface area contributed by atoms with Gasteiger partial charge in [0.25, 0.3) is 5.91 Å². The number of rotatable bonds is 7. The van der Waals surface area contributed by atoms with Gasteiger partial charge in [-0.15, -0.1) is 0 Å². The van der Waals surface area contributed by atoms with Gasteiger partial charge in [-0.2, -0.15) is 0 Å². The van der Waals surface area contributed by atoms with E-state index in [2.05, 4.69) is 5.32 Å². The SMILES string of the molecule is CCOc1ccc(N2C(=O)/C(=C\c3ccc(COc4ccc(Cl)cc4Cl)o3)NC2=S)cc1. The Bertz CT molecular complexity index is 1190. The van der Waals surface area contributed by atoms with Crippen molar-refractivity contribution in [3.8, 4) is 11.5 Å². The lowest BCUT2D eigenvalue weighted by Gasteiger charge is -2.14. The molecule has 9 heteroatoms. The molecule has 164 valence electrons. The van der Waals surface area contributed by atoms with Crippen molar-refractivity contribution >= 4 is 58.2 Å². The fraction of sp³-hybridized carbons (Fsp3) is 0.130. The molecule has 2 heterocycles. The molecule has 32 heavy (non-hydrogen) atoms. The molecule has 0 spiro atoms. The van der Waals surface area contributed by atoms with Crippen molar-refractivity contribution in [3.05, 3.63) is 81.9 Å². The average Bonchev–Trinajstić information content (AvgIpc) is 3.32.